The van der Waals surface area contributed by atoms with Gasteiger partial charge in [0.15, 0.2) is 0 Å². The third kappa shape index (κ3) is 5.72. The molecule has 37 valence electrons. The molecule has 7 heavy (non-hydrogen) atoms. The van der Waals surface area contributed by atoms with Crippen molar-refractivity contribution < 1.29 is 9.82 Å². The molecule has 0 spiro atoms. The molecule has 0 amide bonds. The molecule has 0 bridgehead atoms. The Labute approximate surface area is 43.5 Å². The summed E-state index contributed by atoms with van der Waals surface area (Å²) in [5.74, 6) is 0. The van der Waals surface area contributed by atoms with Crippen LogP contribution >= 0.6 is 0 Å². The molecule has 0 aromatic carbocycles. The molecule has 0 heterocycles. The summed E-state index contributed by atoms with van der Waals surface area (Å²) in [6.07, 6.45) is 0.576. The highest BCUT2D eigenvalue weighted by atomic mass is 16.2. The Morgan fingerprint density at radius 3 is 2.71 bits per heavy atom. The summed E-state index contributed by atoms with van der Waals surface area (Å²) in [4.78, 5) is 9.48. The fourth-order valence-electron chi connectivity index (χ4n) is 0.179. The maximum Gasteiger partial charge on any atom is 0.362 e. The molecule has 0 aromatic rings. The van der Waals surface area contributed by atoms with Crippen LogP contribution in [0.2, 0.25) is 6.82 Å². The van der Waals surface area contributed by atoms with E-state index in [1.165, 1.54) is 6.82 Å². The molecule has 3 nitrogen and oxygen atoms in total. The van der Waals surface area contributed by atoms with E-state index in [0.29, 0.717) is 6.19 Å². The first-order chi connectivity index (χ1) is 3.27. The Bertz CT molecular complexity index is 57.7. The third-order valence-electron chi connectivity index (χ3n) is 0.405. The SMILES string of the molecule is CB(O)N[B]C=O. The second kappa shape index (κ2) is 3.89. The fraction of sp³-hybridized carbons (Fsp3) is 0.500. The number of hydrogen-bond acceptors (Lipinski definition) is 3. The van der Waals surface area contributed by atoms with E-state index in [2.05, 4.69) is 5.14 Å². The smallest absolute Gasteiger partial charge is 0.362 e. The Morgan fingerprint density at radius 1 is 2.00 bits per heavy atom. The number of rotatable bonds is 3. The topological polar surface area (TPSA) is 49.3 Å². The van der Waals surface area contributed by atoms with Crippen LogP contribution in [0.4, 0.5) is 0 Å². The lowest BCUT2D eigenvalue weighted by atomic mass is 9.79. The highest BCUT2D eigenvalue weighted by Crippen LogP contribution is 1.57. The van der Waals surface area contributed by atoms with Crippen molar-refractivity contribution in [1.82, 2.24) is 5.14 Å². The third-order valence-corrected chi connectivity index (χ3v) is 0.405. The molecule has 0 saturated carbocycles. The van der Waals surface area contributed by atoms with Crippen molar-refractivity contribution in [2.24, 2.45) is 0 Å². The van der Waals surface area contributed by atoms with E-state index < -0.39 is 7.05 Å². The lowest BCUT2D eigenvalue weighted by molar-refractivity contribution is 0.564. The van der Waals surface area contributed by atoms with E-state index in [9.17, 15) is 4.79 Å². The van der Waals surface area contributed by atoms with Gasteiger partial charge in [0.1, 0.15) is 0 Å². The molecule has 0 atom stereocenters. The van der Waals surface area contributed by atoms with Gasteiger partial charge in [-0.1, -0.05) is 0 Å². The zero-order valence-corrected chi connectivity index (χ0v) is 4.09. The quantitative estimate of drug-likeness (QED) is 0.333. The van der Waals surface area contributed by atoms with E-state index in [1.54, 1.807) is 0 Å². The molecule has 0 saturated heterocycles. The van der Waals surface area contributed by atoms with E-state index >= 15 is 0 Å². The summed E-state index contributed by atoms with van der Waals surface area (Å²) in [5.41, 5.74) is 0. The molecule has 0 unspecified atom stereocenters. The summed E-state index contributed by atoms with van der Waals surface area (Å²) in [6, 6.07) is 0. The lowest BCUT2D eigenvalue weighted by Gasteiger charge is -1.92. The van der Waals surface area contributed by atoms with Gasteiger partial charge in [-0.2, -0.15) is 0 Å². The van der Waals surface area contributed by atoms with Gasteiger partial charge in [-0.3, -0.25) is 0 Å². The zero-order valence-electron chi connectivity index (χ0n) is 4.09. The standard InChI is InChI=1S/C2H6B2NO2/c1-4(7)5-3-2-6/h2,5,7H,1H3. The molecular formula is C2H6B2NO2. The predicted octanol–water partition coefficient (Wildman–Crippen LogP) is -1.50. The van der Waals surface area contributed by atoms with Crippen LogP contribution in [0.15, 0.2) is 0 Å². The average molecular weight is 97.7 g/mol. The van der Waals surface area contributed by atoms with Crippen LogP contribution in [0.1, 0.15) is 0 Å². The van der Waals surface area contributed by atoms with E-state index in [1.807, 2.05) is 0 Å². The van der Waals surface area contributed by atoms with Crippen molar-refractivity contribution >= 4 is 20.7 Å². The molecule has 1 radical (unpaired) electrons. The Hall–Kier alpha value is -0.280. The fourth-order valence-corrected chi connectivity index (χ4v) is 0.179. The minimum atomic E-state index is -0.634. The molecule has 0 rings (SSSR count). The molecule has 0 aliphatic carbocycles. The summed E-state index contributed by atoms with van der Waals surface area (Å²) in [5, 5.41) is 10.7. The number of carbonyl (C=O) groups is 1. The summed E-state index contributed by atoms with van der Waals surface area (Å²) >= 11 is 0. The minimum absolute atomic E-state index is 0.576. The van der Waals surface area contributed by atoms with Gasteiger partial charge in [0.05, 0.1) is 6.19 Å². The van der Waals surface area contributed by atoms with Crippen molar-refractivity contribution in [2.75, 3.05) is 0 Å². The van der Waals surface area contributed by atoms with Gasteiger partial charge in [-0.05, 0) is 6.82 Å². The maximum absolute atomic E-state index is 9.48. The van der Waals surface area contributed by atoms with Crippen LogP contribution in [-0.4, -0.2) is 25.7 Å². The number of nitrogens with one attached hydrogen (secondary N) is 1. The van der Waals surface area contributed by atoms with Crippen molar-refractivity contribution in [3.05, 3.63) is 0 Å². The van der Waals surface area contributed by atoms with Gasteiger partial charge >= 0.3 is 7.05 Å². The number of hydrogen-bond donors (Lipinski definition) is 2. The first-order valence-corrected chi connectivity index (χ1v) is 1.98. The number of carbonyl (C=O) groups excluding carboxylic acids is 1. The molecule has 2 N–H and O–H groups in total. The second-order valence-corrected chi connectivity index (χ2v) is 1.15. The maximum atomic E-state index is 9.48. The van der Waals surface area contributed by atoms with Gasteiger partial charge in [-0.25, -0.2) is 0 Å². The van der Waals surface area contributed by atoms with E-state index in [-0.39, 0.29) is 0 Å². The van der Waals surface area contributed by atoms with Crippen molar-refractivity contribution in [1.29, 1.82) is 0 Å². The molecule has 0 aliphatic heterocycles. The molecule has 0 fully saturated rings. The highest BCUT2D eigenvalue weighted by Gasteiger charge is 1.98. The van der Waals surface area contributed by atoms with E-state index in [0.717, 1.165) is 7.41 Å². The summed E-state index contributed by atoms with van der Waals surface area (Å²) in [6.45, 7) is 1.53. The van der Waals surface area contributed by atoms with Gasteiger partial charge < -0.3 is 15.0 Å². The van der Waals surface area contributed by atoms with Gasteiger partial charge in [0.2, 0.25) is 0 Å². The summed E-state index contributed by atoms with van der Waals surface area (Å²) < 4.78 is 0. The normalized spacial score (nSPS) is 7.71. The molecule has 5 heteroatoms. The van der Waals surface area contributed by atoms with Crippen molar-refractivity contribution in [2.45, 2.75) is 6.82 Å². The molecule has 0 aliphatic rings. The average Bonchev–Trinajstić information content (AvgIpc) is 1.61. The molecular weight excluding hydrogens is 91.7 g/mol. The Balaban J connectivity index is 2.81. The van der Waals surface area contributed by atoms with Crippen LogP contribution < -0.4 is 5.14 Å². The molecule has 0 aromatic heterocycles. The van der Waals surface area contributed by atoms with Crippen LogP contribution in [-0.2, 0) is 4.79 Å². The highest BCUT2D eigenvalue weighted by molar-refractivity contribution is 6.73. The largest absolute Gasteiger partial charge is 0.438 e. The lowest BCUT2D eigenvalue weighted by Crippen LogP contribution is -2.34. The van der Waals surface area contributed by atoms with Gasteiger partial charge in [-0.15, -0.1) is 0 Å². The Kier molecular flexibility index (Phi) is 3.74. The van der Waals surface area contributed by atoms with E-state index in [4.69, 9.17) is 5.02 Å². The van der Waals surface area contributed by atoms with Crippen LogP contribution in [0, 0.1) is 0 Å². The minimum Gasteiger partial charge on any atom is -0.438 e. The van der Waals surface area contributed by atoms with Crippen molar-refractivity contribution in [3.63, 3.8) is 0 Å². The summed E-state index contributed by atoms with van der Waals surface area (Å²) in [7, 11) is 0.509. The van der Waals surface area contributed by atoms with Crippen LogP contribution in [0.25, 0.3) is 0 Å². The zero-order chi connectivity index (χ0) is 5.70. The van der Waals surface area contributed by atoms with Gasteiger partial charge in [0.25, 0.3) is 7.41 Å². The predicted molar refractivity (Wildman–Crippen MR) is 29.5 cm³/mol. The Morgan fingerprint density at radius 2 is 2.57 bits per heavy atom. The van der Waals surface area contributed by atoms with Gasteiger partial charge in [0, 0.05) is 0 Å². The first kappa shape index (κ1) is 6.72. The van der Waals surface area contributed by atoms with Crippen LogP contribution in [0.3, 0.4) is 0 Å². The first-order valence-electron chi connectivity index (χ1n) is 1.98. The second-order valence-electron chi connectivity index (χ2n) is 1.15. The van der Waals surface area contributed by atoms with Crippen LogP contribution in [0.5, 0.6) is 0 Å². The van der Waals surface area contributed by atoms with Crippen molar-refractivity contribution in [3.8, 4) is 0 Å². The monoisotopic (exact) mass is 98.1 g/mol.